The van der Waals surface area contributed by atoms with Crippen LogP contribution < -0.4 is 16.3 Å². The number of nitrogens with two attached hydrogens (primary N) is 2. The highest BCUT2D eigenvalue weighted by molar-refractivity contribution is 9.10. The van der Waals surface area contributed by atoms with Crippen molar-refractivity contribution in [2.45, 2.75) is 0 Å². The molecule has 0 aliphatic carbocycles. The molecule has 0 bridgehead atoms. The third-order valence-corrected chi connectivity index (χ3v) is 2.41. The van der Waals surface area contributed by atoms with Gasteiger partial charge in [0.1, 0.15) is 4.60 Å². The Morgan fingerprint density at radius 3 is 2.53 bits per heavy atom. The highest BCUT2D eigenvalue weighted by Crippen LogP contribution is 2.21. The van der Waals surface area contributed by atoms with E-state index in [-0.39, 0.29) is 0 Å². The largest absolute Gasteiger partial charge is 0.322 e. The van der Waals surface area contributed by atoms with E-state index < -0.39 is 0 Å². The van der Waals surface area contributed by atoms with Gasteiger partial charge in [0.15, 0.2) is 11.9 Å². The van der Waals surface area contributed by atoms with Crippen LogP contribution in [0.2, 0.25) is 0 Å². The van der Waals surface area contributed by atoms with Crippen molar-refractivity contribution in [3.8, 4) is 11.3 Å². The molecule has 2 rings (SSSR count). The minimum Gasteiger partial charge on any atom is -0.283 e. The Labute approximate surface area is 95.7 Å². The van der Waals surface area contributed by atoms with Gasteiger partial charge in [-0.05, 0) is 15.9 Å². The summed E-state index contributed by atoms with van der Waals surface area (Å²) in [4.78, 5) is 4.29. The summed E-state index contributed by atoms with van der Waals surface area (Å²) in [5.74, 6) is 6.12. The number of benzene rings is 1. The van der Waals surface area contributed by atoms with Crippen LogP contribution in [0.3, 0.4) is 0 Å². The first kappa shape index (κ1) is 9.92. The Morgan fingerprint density at radius 2 is 1.87 bits per heavy atom. The van der Waals surface area contributed by atoms with Crippen LogP contribution >= 0.6 is 15.9 Å². The SMILES string of the molecule is Nc1c(-c2ccccc2)nc(Br)c[n+]1N. The summed E-state index contributed by atoms with van der Waals surface area (Å²) in [5, 5.41) is 0. The lowest BCUT2D eigenvalue weighted by molar-refractivity contribution is -0.624. The highest BCUT2D eigenvalue weighted by atomic mass is 79.9. The van der Waals surface area contributed by atoms with Gasteiger partial charge in [-0.1, -0.05) is 30.3 Å². The molecule has 4 N–H and O–H groups in total. The van der Waals surface area contributed by atoms with Crippen molar-refractivity contribution in [3.63, 3.8) is 0 Å². The average Bonchev–Trinajstić information content (AvgIpc) is 2.24. The molecular weight excluding hydrogens is 256 g/mol. The molecule has 0 amide bonds. The van der Waals surface area contributed by atoms with Crippen LogP contribution in [0.25, 0.3) is 11.3 Å². The molecule has 1 aromatic heterocycles. The average molecular weight is 266 g/mol. The van der Waals surface area contributed by atoms with Gasteiger partial charge in [-0.25, -0.2) is 4.98 Å². The molecule has 15 heavy (non-hydrogen) atoms. The molecule has 1 aromatic carbocycles. The zero-order valence-corrected chi connectivity index (χ0v) is 9.48. The zero-order valence-electron chi connectivity index (χ0n) is 7.89. The number of anilines is 1. The minimum absolute atomic E-state index is 0.435. The molecule has 0 aliphatic rings. The minimum atomic E-state index is 0.435. The second-order valence-electron chi connectivity index (χ2n) is 3.07. The molecular formula is C10H10BrN4+. The third-order valence-electron chi connectivity index (χ3n) is 2.03. The van der Waals surface area contributed by atoms with E-state index in [2.05, 4.69) is 20.9 Å². The molecule has 0 fully saturated rings. The van der Waals surface area contributed by atoms with Gasteiger partial charge >= 0.3 is 5.82 Å². The normalized spacial score (nSPS) is 10.2. The molecule has 0 atom stereocenters. The first-order valence-electron chi connectivity index (χ1n) is 4.36. The topological polar surface area (TPSA) is 68.8 Å². The van der Waals surface area contributed by atoms with E-state index in [4.69, 9.17) is 11.6 Å². The van der Waals surface area contributed by atoms with Gasteiger partial charge in [0, 0.05) is 5.56 Å². The highest BCUT2D eigenvalue weighted by Gasteiger charge is 2.14. The maximum absolute atomic E-state index is 5.84. The molecule has 0 aliphatic heterocycles. The second kappa shape index (κ2) is 3.86. The van der Waals surface area contributed by atoms with Crippen LogP contribution in [-0.4, -0.2) is 4.98 Å². The summed E-state index contributed by atoms with van der Waals surface area (Å²) < 4.78 is 2.00. The number of nitrogens with zero attached hydrogens (tertiary/aromatic N) is 2. The lowest BCUT2D eigenvalue weighted by Gasteiger charge is -2.03. The van der Waals surface area contributed by atoms with Crippen LogP contribution in [0.4, 0.5) is 5.82 Å². The van der Waals surface area contributed by atoms with E-state index in [1.54, 1.807) is 6.20 Å². The van der Waals surface area contributed by atoms with E-state index >= 15 is 0 Å². The van der Waals surface area contributed by atoms with Crippen LogP contribution in [-0.2, 0) is 0 Å². The van der Waals surface area contributed by atoms with E-state index in [9.17, 15) is 0 Å². The molecule has 0 saturated heterocycles. The van der Waals surface area contributed by atoms with E-state index in [0.29, 0.717) is 16.1 Å². The maximum atomic E-state index is 5.84. The molecule has 0 unspecified atom stereocenters. The fourth-order valence-electron chi connectivity index (χ4n) is 1.31. The monoisotopic (exact) mass is 265 g/mol. The molecule has 76 valence electrons. The van der Waals surface area contributed by atoms with Gasteiger partial charge in [-0.2, -0.15) is 0 Å². The lowest BCUT2D eigenvalue weighted by atomic mass is 10.1. The fraction of sp³-hybridized carbons (Fsp3) is 0. The summed E-state index contributed by atoms with van der Waals surface area (Å²) in [5.41, 5.74) is 7.45. The van der Waals surface area contributed by atoms with Gasteiger partial charge in [0.25, 0.3) is 0 Å². The maximum Gasteiger partial charge on any atom is 0.322 e. The second-order valence-corrected chi connectivity index (χ2v) is 3.88. The number of hydrogen-bond acceptors (Lipinski definition) is 3. The lowest BCUT2D eigenvalue weighted by Crippen LogP contribution is -2.47. The van der Waals surface area contributed by atoms with Gasteiger partial charge in [-0.15, -0.1) is 4.68 Å². The molecule has 4 nitrogen and oxygen atoms in total. The van der Waals surface area contributed by atoms with Crippen LogP contribution in [0.1, 0.15) is 0 Å². The summed E-state index contributed by atoms with van der Waals surface area (Å²) in [6, 6.07) is 9.67. The molecule has 0 radical (unpaired) electrons. The molecule has 0 spiro atoms. The standard InChI is InChI=1S/C10H9BrN4/c11-8-6-15(13)10(12)9(14-8)7-4-2-1-3-5-7/h1-6,12H,13H2/p+1. The summed E-state index contributed by atoms with van der Waals surface area (Å²) in [6.45, 7) is 0. The van der Waals surface area contributed by atoms with Crippen molar-refractivity contribution >= 4 is 21.7 Å². The van der Waals surface area contributed by atoms with Crippen molar-refractivity contribution in [1.82, 2.24) is 4.98 Å². The Morgan fingerprint density at radius 1 is 1.20 bits per heavy atom. The van der Waals surface area contributed by atoms with Crippen molar-refractivity contribution in [2.24, 2.45) is 0 Å². The predicted octanol–water partition coefficient (Wildman–Crippen LogP) is 1.09. The predicted molar refractivity (Wildman–Crippen MR) is 62.1 cm³/mol. The number of aromatic nitrogens is 2. The number of hydrogen-bond donors (Lipinski definition) is 2. The van der Waals surface area contributed by atoms with Crippen molar-refractivity contribution in [3.05, 3.63) is 41.1 Å². The number of rotatable bonds is 1. The fourth-order valence-corrected chi connectivity index (χ4v) is 1.71. The molecule has 1 heterocycles. The van der Waals surface area contributed by atoms with Crippen molar-refractivity contribution in [2.75, 3.05) is 11.6 Å². The van der Waals surface area contributed by atoms with Crippen LogP contribution in [0.5, 0.6) is 0 Å². The molecule has 0 saturated carbocycles. The number of halogens is 1. The van der Waals surface area contributed by atoms with Crippen LogP contribution in [0, 0.1) is 0 Å². The Hall–Kier alpha value is -1.62. The van der Waals surface area contributed by atoms with E-state index in [1.807, 2.05) is 30.3 Å². The van der Waals surface area contributed by atoms with Gasteiger partial charge in [0.05, 0.1) is 0 Å². The smallest absolute Gasteiger partial charge is 0.283 e. The van der Waals surface area contributed by atoms with Gasteiger partial charge < -0.3 is 0 Å². The van der Waals surface area contributed by atoms with Gasteiger partial charge in [-0.3, -0.25) is 11.6 Å². The van der Waals surface area contributed by atoms with Crippen molar-refractivity contribution < 1.29 is 4.68 Å². The third kappa shape index (κ3) is 1.92. The Bertz CT molecular complexity index is 484. The molecule has 5 heteroatoms. The Kier molecular flexibility index (Phi) is 2.55. The number of nitrogen functional groups attached to an aromatic ring is 2. The summed E-state index contributed by atoms with van der Waals surface area (Å²) >= 11 is 3.28. The Balaban J connectivity index is 2.63. The first-order chi connectivity index (χ1) is 7.18. The summed E-state index contributed by atoms with van der Waals surface area (Å²) in [6.07, 6.45) is 1.61. The van der Waals surface area contributed by atoms with Crippen LogP contribution in [0.15, 0.2) is 41.1 Å². The van der Waals surface area contributed by atoms with Gasteiger partial charge in [0.2, 0.25) is 0 Å². The van der Waals surface area contributed by atoms with E-state index in [0.717, 1.165) is 5.56 Å². The molecule has 2 aromatic rings. The quantitative estimate of drug-likeness (QED) is 0.599. The zero-order chi connectivity index (χ0) is 10.8. The first-order valence-corrected chi connectivity index (χ1v) is 5.16. The van der Waals surface area contributed by atoms with E-state index in [1.165, 1.54) is 4.68 Å². The summed E-state index contributed by atoms with van der Waals surface area (Å²) in [7, 11) is 0. The van der Waals surface area contributed by atoms with Crippen molar-refractivity contribution in [1.29, 1.82) is 0 Å².